The second-order valence-corrected chi connectivity index (χ2v) is 6.63. The Labute approximate surface area is 130 Å². The van der Waals surface area contributed by atoms with E-state index < -0.39 is 6.04 Å². The van der Waals surface area contributed by atoms with Crippen molar-refractivity contribution in [2.24, 2.45) is 11.8 Å². The number of allylic oxidation sites excluding steroid dienone is 2. The minimum Gasteiger partial charge on any atom is -0.349 e. The van der Waals surface area contributed by atoms with Gasteiger partial charge in [0.25, 0.3) is 0 Å². The largest absolute Gasteiger partial charge is 0.349 e. The molecular formula is C16H22N2O4. The summed E-state index contributed by atoms with van der Waals surface area (Å²) in [5.74, 6) is 0.561. The van der Waals surface area contributed by atoms with Crippen LogP contribution in [0.3, 0.4) is 0 Å². The van der Waals surface area contributed by atoms with Crippen LogP contribution < -0.4 is 0 Å². The first-order valence-electron chi connectivity index (χ1n) is 8.16. The maximum absolute atomic E-state index is 10.8. The number of nitrogens with zero attached hydrogens (tertiary/aromatic N) is 2. The van der Waals surface area contributed by atoms with Crippen molar-refractivity contribution in [3.05, 3.63) is 21.8 Å². The Morgan fingerprint density at radius 3 is 2.55 bits per heavy atom. The normalized spacial score (nSPS) is 39.0. The summed E-state index contributed by atoms with van der Waals surface area (Å²) in [4.78, 5) is 10.6. The Morgan fingerprint density at radius 2 is 1.86 bits per heavy atom. The highest BCUT2D eigenvalue weighted by Crippen LogP contribution is 2.36. The van der Waals surface area contributed by atoms with E-state index in [9.17, 15) is 15.4 Å². The van der Waals surface area contributed by atoms with Crippen LogP contribution in [-0.2, 0) is 9.47 Å². The van der Waals surface area contributed by atoms with Gasteiger partial charge in [-0.2, -0.15) is 5.26 Å². The van der Waals surface area contributed by atoms with Crippen molar-refractivity contribution in [2.45, 2.75) is 63.2 Å². The van der Waals surface area contributed by atoms with Crippen LogP contribution in [0.2, 0.25) is 0 Å². The lowest BCUT2D eigenvalue weighted by Gasteiger charge is -2.29. The van der Waals surface area contributed by atoms with Gasteiger partial charge < -0.3 is 9.47 Å². The third-order valence-electron chi connectivity index (χ3n) is 5.31. The Hall–Kier alpha value is -1.45. The van der Waals surface area contributed by atoms with E-state index in [0.717, 1.165) is 37.7 Å². The van der Waals surface area contributed by atoms with Gasteiger partial charge in [-0.1, -0.05) is 6.08 Å². The van der Waals surface area contributed by atoms with Gasteiger partial charge in [0.1, 0.15) is 6.79 Å². The van der Waals surface area contributed by atoms with Crippen molar-refractivity contribution >= 4 is 0 Å². The number of hydrogen-bond acceptors (Lipinski definition) is 5. The molecule has 0 spiro atoms. The molecule has 3 fully saturated rings. The lowest BCUT2D eigenvalue weighted by Crippen LogP contribution is -2.31. The molecule has 120 valence electrons. The summed E-state index contributed by atoms with van der Waals surface area (Å²) >= 11 is 0. The average Bonchev–Trinajstić information content (AvgIpc) is 3.00. The Bertz CT molecular complexity index is 491. The van der Waals surface area contributed by atoms with E-state index in [-0.39, 0.29) is 23.0 Å². The van der Waals surface area contributed by atoms with Crippen LogP contribution in [0.4, 0.5) is 0 Å². The smallest absolute Gasteiger partial charge is 0.213 e. The van der Waals surface area contributed by atoms with Crippen molar-refractivity contribution in [3.8, 4) is 6.07 Å². The van der Waals surface area contributed by atoms with Crippen molar-refractivity contribution in [3.63, 3.8) is 0 Å². The topological polar surface area (TPSA) is 85.4 Å². The zero-order valence-electron chi connectivity index (χ0n) is 12.6. The summed E-state index contributed by atoms with van der Waals surface area (Å²) in [5, 5.41) is 20.3. The summed E-state index contributed by atoms with van der Waals surface area (Å²) in [7, 11) is 0. The number of nitriles is 1. The van der Waals surface area contributed by atoms with E-state index in [4.69, 9.17) is 9.47 Å². The molecule has 0 amide bonds. The quantitative estimate of drug-likeness (QED) is 0.454. The summed E-state index contributed by atoms with van der Waals surface area (Å²) in [5.41, 5.74) is 0.823. The average molecular weight is 306 g/mol. The van der Waals surface area contributed by atoms with E-state index in [1.807, 2.05) is 0 Å². The fourth-order valence-electron chi connectivity index (χ4n) is 3.98. The molecule has 0 unspecified atom stereocenters. The van der Waals surface area contributed by atoms with Gasteiger partial charge in [0, 0.05) is 23.3 Å². The van der Waals surface area contributed by atoms with Crippen LogP contribution in [0.25, 0.3) is 0 Å². The predicted molar refractivity (Wildman–Crippen MR) is 78.4 cm³/mol. The third-order valence-corrected chi connectivity index (χ3v) is 5.31. The highest BCUT2D eigenvalue weighted by Gasteiger charge is 2.36. The van der Waals surface area contributed by atoms with Crippen molar-refractivity contribution < 1.29 is 14.4 Å². The summed E-state index contributed by atoms with van der Waals surface area (Å²) in [6, 6.07) is 1.92. The van der Waals surface area contributed by atoms with Gasteiger partial charge in [-0.15, -0.1) is 0 Å². The first-order valence-corrected chi connectivity index (χ1v) is 8.16. The molecular weight excluding hydrogens is 284 g/mol. The fourth-order valence-corrected chi connectivity index (χ4v) is 3.98. The van der Waals surface area contributed by atoms with E-state index in [0.29, 0.717) is 25.6 Å². The maximum atomic E-state index is 10.8. The minimum absolute atomic E-state index is 0.167. The molecule has 3 atom stereocenters. The molecule has 2 saturated carbocycles. The highest BCUT2D eigenvalue weighted by molar-refractivity contribution is 5.25. The Kier molecular flexibility index (Phi) is 4.74. The molecule has 3 rings (SSSR count). The van der Waals surface area contributed by atoms with E-state index in [1.165, 1.54) is 0 Å². The molecule has 0 radical (unpaired) electrons. The number of hydrogen-bond donors (Lipinski definition) is 0. The SMILES string of the molecule is N#C/C(=C/[C@H]1CC[C@H]2OCO[C@@H]2C1)C1CCC([N+](=O)[O-])CC1. The number of fused-ring (bicyclic) bond motifs is 1. The van der Waals surface area contributed by atoms with Gasteiger partial charge >= 0.3 is 0 Å². The first-order chi connectivity index (χ1) is 10.7. The summed E-state index contributed by atoms with van der Waals surface area (Å²) < 4.78 is 11.1. The number of rotatable bonds is 3. The molecule has 0 aromatic heterocycles. The molecule has 22 heavy (non-hydrogen) atoms. The summed E-state index contributed by atoms with van der Waals surface area (Å²) in [6.07, 6.45) is 8.11. The molecule has 1 heterocycles. The monoisotopic (exact) mass is 306 g/mol. The van der Waals surface area contributed by atoms with Crippen LogP contribution in [0.15, 0.2) is 11.6 Å². The molecule has 0 bridgehead atoms. The van der Waals surface area contributed by atoms with Crippen LogP contribution in [0.1, 0.15) is 44.9 Å². The molecule has 6 nitrogen and oxygen atoms in total. The van der Waals surface area contributed by atoms with Crippen LogP contribution in [-0.4, -0.2) is 30.0 Å². The number of ether oxygens (including phenoxy) is 2. The van der Waals surface area contributed by atoms with Gasteiger partial charge in [-0.3, -0.25) is 10.1 Å². The second kappa shape index (κ2) is 6.76. The Balaban J connectivity index is 1.59. The molecule has 3 aliphatic rings. The van der Waals surface area contributed by atoms with Gasteiger partial charge in [0.15, 0.2) is 0 Å². The van der Waals surface area contributed by atoms with E-state index in [2.05, 4.69) is 12.1 Å². The van der Waals surface area contributed by atoms with Gasteiger partial charge in [-0.25, -0.2) is 0 Å². The number of nitro groups is 1. The maximum Gasteiger partial charge on any atom is 0.213 e. The van der Waals surface area contributed by atoms with Crippen molar-refractivity contribution in [1.82, 2.24) is 0 Å². The Morgan fingerprint density at radius 1 is 1.14 bits per heavy atom. The first kappa shape index (κ1) is 15.4. The van der Waals surface area contributed by atoms with Gasteiger partial charge in [0.05, 0.1) is 18.3 Å². The molecule has 0 aromatic rings. The molecule has 1 aliphatic heterocycles. The van der Waals surface area contributed by atoms with E-state index >= 15 is 0 Å². The zero-order valence-corrected chi connectivity index (χ0v) is 12.6. The van der Waals surface area contributed by atoms with Crippen LogP contribution in [0, 0.1) is 33.3 Å². The third kappa shape index (κ3) is 3.31. The van der Waals surface area contributed by atoms with Crippen LogP contribution in [0.5, 0.6) is 0 Å². The molecule has 0 aromatic carbocycles. The van der Waals surface area contributed by atoms with Crippen molar-refractivity contribution in [2.75, 3.05) is 6.79 Å². The van der Waals surface area contributed by atoms with Crippen LogP contribution >= 0.6 is 0 Å². The van der Waals surface area contributed by atoms with Gasteiger partial charge in [-0.05, 0) is 43.9 Å². The predicted octanol–water partition coefficient (Wildman–Crippen LogP) is 2.81. The molecule has 2 aliphatic carbocycles. The minimum atomic E-state index is -0.421. The fraction of sp³-hybridized carbons (Fsp3) is 0.812. The van der Waals surface area contributed by atoms with E-state index in [1.54, 1.807) is 0 Å². The molecule has 0 N–H and O–H groups in total. The van der Waals surface area contributed by atoms with Crippen molar-refractivity contribution in [1.29, 1.82) is 5.26 Å². The lowest BCUT2D eigenvalue weighted by atomic mass is 9.78. The van der Waals surface area contributed by atoms with Gasteiger partial charge in [0.2, 0.25) is 6.04 Å². The molecule has 1 saturated heterocycles. The highest BCUT2D eigenvalue weighted by atomic mass is 16.7. The second-order valence-electron chi connectivity index (χ2n) is 6.63. The zero-order chi connectivity index (χ0) is 15.5. The molecule has 6 heteroatoms. The standard InChI is InChI=1S/C16H22N2O4/c17-9-13(12-2-4-14(5-3-12)18(19)20)7-11-1-6-15-16(8-11)22-10-21-15/h7,11-12,14-16H,1-6,8,10H2/b13-7-/t11-,12?,14?,15-,16-/m1/s1. The summed E-state index contributed by atoms with van der Waals surface area (Å²) in [6.45, 7) is 0.391. The lowest BCUT2D eigenvalue weighted by molar-refractivity contribution is -0.526.